The second-order valence-corrected chi connectivity index (χ2v) is 5.33. The zero-order valence-electron chi connectivity index (χ0n) is 13.6. The van der Waals surface area contributed by atoms with Gasteiger partial charge in [-0.1, -0.05) is 0 Å². The van der Waals surface area contributed by atoms with Gasteiger partial charge in [-0.3, -0.25) is 9.59 Å². The predicted molar refractivity (Wildman–Crippen MR) is 87.6 cm³/mol. The molecule has 1 heterocycles. The minimum Gasteiger partial charge on any atom is -0.375 e. The van der Waals surface area contributed by atoms with Gasteiger partial charge in [-0.15, -0.1) is 0 Å². The molecule has 126 valence electrons. The third-order valence-corrected chi connectivity index (χ3v) is 3.69. The number of ether oxygens (including phenoxy) is 2. The van der Waals surface area contributed by atoms with Crippen LogP contribution in [0.1, 0.15) is 0 Å². The molecule has 2 amide bonds. The maximum atomic E-state index is 11.8. The van der Waals surface area contributed by atoms with Crippen molar-refractivity contribution in [2.24, 2.45) is 0 Å². The Morgan fingerprint density at radius 3 is 2.17 bits per heavy atom. The molecular weight excluding hydrogens is 298 g/mol. The highest BCUT2D eigenvalue weighted by Gasteiger charge is 2.20. The highest BCUT2D eigenvalue weighted by Crippen LogP contribution is 2.19. The third-order valence-electron chi connectivity index (χ3n) is 3.69. The number of hydrogen-bond acceptors (Lipinski definition) is 5. The first-order valence-electron chi connectivity index (χ1n) is 7.54. The Kier molecular flexibility index (Phi) is 6.37. The Morgan fingerprint density at radius 2 is 1.61 bits per heavy atom. The Hall–Kier alpha value is -2.12. The lowest BCUT2D eigenvalue weighted by molar-refractivity contribution is -0.135. The standard InChI is InChI=1S/C16H23N3O4/c1-22-11-15(20)17-13-3-5-14(6-4-13)18-7-9-19(10-8-18)16(21)12-23-2/h3-6H,7-12H2,1-2H3,(H,17,20). The molecule has 0 unspecified atom stereocenters. The summed E-state index contributed by atoms with van der Waals surface area (Å²) in [7, 11) is 3.01. The topological polar surface area (TPSA) is 71.1 Å². The van der Waals surface area contributed by atoms with E-state index in [0.29, 0.717) is 13.1 Å². The molecule has 0 aliphatic carbocycles. The minimum atomic E-state index is -0.175. The quantitative estimate of drug-likeness (QED) is 0.829. The second-order valence-electron chi connectivity index (χ2n) is 5.33. The van der Waals surface area contributed by atoms with Gasteiger partial charge in [0.25, 0.3) is 0 Å². The molecular formula is C16H23N3O4. The number of hydrogen-bond donors (Lipinski definition) is 1. The van der Waals surface area contributed by atoms with E-state index >= 15 is 0 Å². The molecule has 23 heavy (non-hydrogen) atoms. The molecule has 1 saturated heterocycles. The van der Waals surface area contributed by atoms with Crippen LogP contribution in [0.4, 0.5) is 11.4 Å². The number of nitrogens with zero attached hydrogens (tertiary/aromatic N) is 2. The molecule has 7 nitrogen and oxygen atoms in total. The van der Waals surface area contributed by atoms with E-state index in [-0.39, 0.29) is 25.0 Å². The maximum Gasteiger partial charge on any atom is 0.250 e. The van der Waals surface area contributed by atoms with Crippen molar-refractivity contribution in [1.29, 1.82) is 0 Å². The monoisotopic (exact) mass is 321 g/mol. The molecule has 0 atom stereocenters. The summed E-state index contributed by atoms with van der Waals surface area (Å²) < 4.78 is 9.66. The van der Waals surface area contributed by atoms with Gasteiger partial charge in [0.1, 0.15) is 13.2 Å². The Labute approximate surface area is 136 Å². The Morgan fingerprint density at radius 1 is 1.00 bits per heavy atom. The van der Waals surface area contributed by atoms with Crippen LogP contribution < -0.4 is 10.2 Å². The molecule has 0 saturated carbocycles. The second kappa shape index (κ2) is 8.50. The van der Waals surface area contributed by atoms with Crippen LogP contribution in [0, 0.1) is 0 Å². The molecule has 1 aromatic carbocycles. The zero-order chi connectivity index (χ0) is 16.7. The molecule has 1 aromatic rings. The predicted octanol–water partition coefficient (Wildman–Crippen LogP) is 0.567. The fourth-order valence-electron chi connectivity index (χ4n) is 2.51. The van der Waals surface area contributed by atoms with E-state index in [4.69, 9.17) is 9.47 Å². The van der Waals surface area contributed by atoms with E-state index in [1.807, 2.05) is 29.2 Å². The van der Waals surface area contributed by atoms with E-state index in [9.17, 15) is 9.59 Å². The van der Waals surface area contributed by atoms with Gasteiger partial charge in [0.05, 0.1) is 0 Å². The fourth-order valence-corrected chi connectivity index (χ4v) is 2.51. The highest BCUT2D eigenvalue weighted by atomic mass is 16.5. The van der Waals surface area contributed by atoms with Gasteiger partial charge in [-0.2, -0.15) is 0 Å². The lowest BCUT2D eigenvalue weighted by Crippen LogP contribution is -2.49. The van der Waals surface area contributed by atoms with E-state index < -0.39 is 0 Å². The lowest BCUT2D eigenvalue weighted by Gasteiger charge is -2.36. The van der Waals surface area contributed by atoms with Crippen LogP contribution in [0.2, 0.25) is 0 Å². The van der Waals surface area contributed by atoms with E-state index in [2.05, 4.69) is 10.2 Å². The normalized spacial score (nSPS) is 14.7. The summed E-state index contributed by atoms with van der Waals surface area (Å²) in [6.07, 6.45) is 0. The van der Waals surface area contributed by atoms with Crippen molar-refractivity contribution in [3.05, 3.63) is 24.3 Å². The molecule has 0 aromatic heterocycles. The average molecular weight is 321 g/mol. The molecule has 1 fully saturated rings. The Bertz CT molecular complexity index is 525. The van der Waals surface area contributed by atoms with Crippen molar-refractivity contribution in [1.82, 2.24) is 4.90 Å². The molecule has 0 radical (unpaired) electrons. The van der Waals surface area contributed by atoms with Crippen LogP contribution in [0.5, 0.6) is 0 Å². The minimum absolute atomic E-state index is 0.0309. The number of benzene rings is 1. The van der Waals surface area contributed by atoms with Crippen molar-refractivity contribution in [2.75, 3.05) is 63.8 Å². The van der Waals surface area contributed by atoms with Crippen LogP contribution in [-0.2, 0) is 19.1 Å². The van der Waals surface area contributed by atoms with Crippen LogP contribution >= 0.6 is 0 Å². The summed E-state index contributed by atoms with van der Waals surface area (Å²) >= 11 is 0. The van der Waals surface area contributed by atoms with E-state index in [0.717, 1.165) is 24.5 Å². The molecule has 1 aliphatic rings. The highest BCUT2D eigenvalue weighted by molar-refractivity contribution is 5.91. The average Bonchev–Trinajstić information content (AvgIpc) is 2.56. The number of carbonyl (C=O) groups is 2. The molecule has 2 rings (SSSR count). The number of rotatable bonds is 6. The maximum absolute atomic E-state index is 11.8. The summed E-state index contributed by atoms with van der Waals surface area (Å²) in [5.74, 6) is -0.145. The Balaban J connectivity index is 1.86. The fraction of sp³-hybridized carbons (Fsp3) is 0.500. The number of carbonyl (C=O) groups excluding carboxylic acids is 2. The summed E-state index contributed by atoms with van der Waals surface area (Å²) in [5, 5.41) is 2.76. The van der Waals surface area contributed by atoms with Gasteiger partial charge in [0, 0.05) is 51.8 Å². The van der Waals surface area contributed by atoms with Crippen molar-refractivity contribution in [2.45, 2.75) is 0 Å². The number of piperazine rings is 1. The first-order valence-corrected chi connectivity index (χ1v) is 7.54. The number of anilines is 2. The summed E-state index contributed by atoms with van der Waals surface area (Å²) in [4.78, 5) is 27.3. The molecule has 1 aliphatic heterocycles. The van der Waals surface area contributed by atoms with Gasteiger partial charge >= 0.3 is 0 Å². The number of amides is 2. The van der Waals surface area contributed by atoms with Crippen LogP contribution in [0.15, 0.2) is 24.3 Å². The summed E-state index contributed by atoms with van der Waals surface area (Å²) in [6.45, 7) is 3.12. The van der Waals surface area contributed by atoms with Crippen molar-refractivity contribution < 1.29 is 19.1 Å². The first-order chi connectivity index (χ1) is 11.1. The first kappa shape index (κ1) is 17.2. The van der Waals surface area contributed by atoms with Gasteiger partial charge in [-0.05, 0) is 24.3 Å². The molecule has 7 heteroatoms. The number of nitrogens with one attached hydrogen (secondary N) is 1. The van der Waals surface area contributed by atoms with E-state index in [1.54, 1.807) is 0 Å². The largest absolute Gasteiger partial charge is 0.375 e. The van der Waals surface area contributed by atoms with Crippen LogP contribution in [-0.4, -0.2) is 70.3 Å². The van der Waals surface area contributed by atoms with Crippen molar-refractivity contribution >= 4 is 23.2 Å². The SMILES string of the molecule is COCC(=O)Nc1ccc(N2CCN(C(=O)COC)CC2)cc1. The van der Waals surface area contributed by atoms with Gasteiger partial charge in [-0.25, -0.2) is 0 Å². The number of methoxy groups -OCH3 is 2. The van der Waals surface area contributed by atoms with Gasteiger partial charge in [0.15, 0.2) is 0 Å². The molecule has 0 spiro atoms. The van der Waals surface area contributed by atoms with E-state index in [1.165, 1.54) is 14.2 Å². The van der Waals surface area contributed by atoms with Gasteiger partial charge < -0.3 is 24.6 Å². The molecule has 0 bridgehead atoms. The third kappa shape index (κ3) is 4.94. The van der Waals surface area contributed by atoms with Crippen LogP contribution in [0.3, 0.4) is 0 Å². The smallest absolute Gasteiger partial charge is 0.250 e. The molecule has 1 N–H and O–H groups in total. The zero-order valence-corrected chi connectivity index (χ0v) is 13.6. The van der Waals surface area contributed by atoms with Crippen molar-refractivity contribution in [3.8, 4) is 0 Å². The summed E-state index contributed by atoms with van der Waals surface area (Å²) in [6, 6.07) is 7.67. The van der Waals surface area contributed by atoms with Gasteiger partial charge in [0.2, 0.25) is 11.8 Å². The lowest BCUT2D eigenvalue weighted by atomic mass is 10.2. The van der Waals surface area contributed by atoms with Crippen molar-refractivity contribution in [3.63, 3.8) is 0 Å². The summed E-state index contributed by atoms with van der Waals surface area (Å²) in [5.41, 5.74) is 1.82. The van der Waals surface area contributed by atoms with Crippen LogP contribution in [0.25, 0.3) is 0 Å².